The van der Waals surface area contributed by atoms with Crippen molar-refractivity contribution in [2.24, 2.45) is 0 Å². The second-order valence-corrected chi connectivity index (χ2v) is 8.52. The largest absolute Gasteiger partial charge is 0.465 e. The topological polar surface area (TPSA) is 128 Å². The summed E-state index contributed by atoms with van der Waals surface area (Å²) in [6, 6.07) is 2.90. The van der Waals surface area contributed by atoms with E-state index in [2.05, 4.69) is 5.32 Å². The zero-order valence-corrected chi connectivity index (χ0v) is 18.3. The fourth-order valence-electron chi connectivity index (χ4n) is 3.02. The molecule has 0 bridgehead atoms. The number of esters is 1. The van der Waals surface area contributed by atoms with Gasteiger partial charge in [-0.15, -0.1) is 11.3 Å². The molecule has 0 aliphatic carbocycles. The van der Waals surface area contributed by atoms with Crippen LogP contribution in [-0.2, 0) is 27.2 Å². The lowest BCUT2D eigenvalue weighted by Gasteiger charge is -2.26. The average molecular weight is 466 g/mol. The fourth-order valence-corrected chi connectivity index (χ4v) is 5.00. The summed E-state index contributed by atoms with van der Waals surface area (Å²) in [7, 11) is 1.26. The maximum Gasteiger partial charge on any atom is 0.410 e. The first-order valence-electron chi connectivity index (χ1n) is 9.21. The van der Waals surface area contributed by atoms with Crippen molar-refractivity contribution in [2.45, 2.75) is 19.9 Å². The maximum absolute atomic E-state index is 12.4. The summed E-state index contributed by atoms with van der Waals surface area (Å²) in [5.74, 6) is -1.07. The van der Waals surface area contributed by atoms with Crippen LogP contribution in [0.15, 0.2) is 18.2 Å². The zero-order chi connectivity index (χ0) is 22.5. The Hall–Kier alpha value is -3.25. The van der Waals surface area contributed by atoms with Crippen molar-refractivity contribution < 1.29 is 28.8 Å². The number of carbonyl (C=O) groups is 3. The van der Waals surface area contributed by atoms with Crippen molar-refractivity contribution >= 4 is 56.7 Å². The number of carbonyl (C=O) groups excluding carboxylic acids is 3. The smallest absolute Gasteiger partial charge is 0.410 e. The third kappa shape index (κ3) is 5.09. The van der Waals surface area contributed by atoms with Gasteiger partial charge in [0.2, 0.25) is 5.91 Å². The summed E-state index contributed by atoms with van der Waals surface area (Å²) in [4.78, 5) is 49.9. The predicted octanol–water partition coefficient (Wildman–Crippen LogP) is 3.67. The van der Waals surface area contributed by atoms with Gasteiger partial charge in [0.15, 0.2) is 0 Å². The third-order valence-electron chi connectivity index (χ3n) is 4.40. The molecule has 31 heavy (non-hydrogen) atoms. The summed E-state index contributed by atoms with van der Waals surface area (Å²) in [6.07, 6.45) is 2.69. The molecule has 3 rings (SSSR count). The van der Waals surface area contributed by atoms with E-state index in [9.17, 15) is 24.5 Å². The van der Waals surface area contributed by atoms with Crippen LogP contribution in [0.2, 0.25) is 0 Å². The van der Waals surface area contributed by atoms with Crippen LogP contribution in [0.1, 0.15) is 32.6 Å². The van der Waals surface area contributed by atoms with Gasteiger partial charge in [-0.25, -0.2) is 9.59 Å². The number of ether oxygens (including phenoxy) is 2. The number of thiophene rings is 2. The highest BCUT2D eigenvalue weighted by atomic mass is 32.1. The van der Waals surface area contributed by atoms with E-state index in [1.165, 1.54) is 36.7 Å². The fraction of sp³-hybridized carbons (Fsp3) is 0.316. The van der Waals surface area contributed by atoms with Gasteiger partial charge in [0.05, 0.1) is 30.7 Å². The minimum absolute atomic E-state index is 0.0230. The van der Waals surface area contributed by atoms with Crippen molar-refractivity contribution in [3.8, 4) is 0 Å². The van der Waals surface area contributed by atoms with Gasteiger partial charge < -0.3 is 19.7 Å². The van der Waals surface area contributed by atoms with Gasteiger partial charge in [0, 0.05) is 28.4 Å². The Bertz CT molecular complexity index is 1060. The number of amides is 2. The summed E-state index contributed by atoms with van der Waals surface area (Å²) in [5.41, 5.74) is 1.02. The van der Waals surface area contributed by atoms with Crippen molar-refractivity contribution in [1.82, 2.24) is 4.90 Å². The van der Waals surface area contributed by atoms with Crippen molar-refractivity contribution in [3.63, 3.8) is 0 Å². The van der Waals surface area contributed by atoms with Crippen molar-refractivity contribution in [1.29, 1.82) is 0 Å². The molecule has 2 amide bonds. The van der Waals surface area contributed by atoms with Crippen LogP contribution in [0.3, 0.4) is 0 Å². The van der Waals surface area contributed by atoms with E-state index in [0.29, 0.717) is 22.8 Å². The molecule has 1 aliphatic heterocycles. The van der Waals surface area contributed by atoms with Crippen LogP contribution in [0.4, 0.5) is 14.8 Å². The molecule has 10 nitrogen and oxygen atoms in total. The van der Waals surface area contributed by atoms with E-state index < -0.39 is 22.9 Å². The minimum Gasteiger partial charge on any atom is -0.465 e. The van der Waals surface area contributed by atoms with Gasteiger partial charge in [-0.05, 0) is 31.1 Å². The second kappa shape index (κ2) is 9.71. The Balaban J connectivity index is 1.79. The molecular formula is C19H19N3O7S2. The first-order valence-corrected chi connectivity index (χ1v) is 10.8. The molecule has 164 valence electrons. The van der Waals surface area contributed by atoms with E-state index in [1.807, 2.05) is 0 Å². The quantitative estimate of drug-likeness (QED) is 0.298. The number of anilines is 1. The number of methoxy groups -OCH3 is 1. The van der Waals surface area contributed by atoms with Crippen molar-refractivity contribution in [2.75, 3.05) is 25.6 Å². The highest BCUT2D eigenvalue weighted by molar-refractivity contribution is 7.17. The predicted molar refractivity (Wildman–Crippen MR) is 115 cm³/mol. The minimum atomic E-state index is -0.574. The Kier molecular flexibility index (Phi) is 7.02. The Labute approximate surface area is 185 Å². The Morgan fingerprint density at radius 2 is 2.10 bits per heavy atom. The zero-order valence-electron chi connectivity index (χ0n) is 16.7. The molecule has 0 aromatic carbocycles. The van der Waals surface area contributed by atoms with Crippen LogP contribution < -0.4 is 5.32 Å². The van der Waals surface area contributed by atoms with E-state index >= 15 is 0 Å². The van der Waals surface area contributed by atoms with Crippen LogP contribution in [0.5, 0.6) is 0 Å². The number of hydrogen-bond acceptors (Lipinski definition) is 9. The van der Waals surface area contributed by atoms with Crippen LogP contribution in [-0.4, -0.2) is 48.1 Å². The molecule has 0 spiro atoms. The molecule has 0 fully saturated rings. The lowest BCUT2D eigenvalue weighted by Crippen LogP contribution is -2.36. The monoisotopic (exact) mass is 465 g/mol. The summed E-state index contributed by atoms with van der Waals surface area (Å²) < 4.78 is 9.92. The van der Waals surface area contributed by atoms with Gasteiger partial charge >= 0.3 is 17.1 Å². The number of nitrogens with zero attached hydrogens (tertiary/aromatic N) is 2. The highest BCUT2D eigenvalue weighted by Gasteiger charge is 2.31. The molecule has 0 atom stereocenters. The van der Waals surface area contributed by atoms with Crippen LogP contribution in [0.25, 0.3) is 6.08 Å². The van der Waals surface area contributed by atoms with Crippen molar-refractivity contribution in [3.05, 3.63) is 49.2 Å². The molecule has 2 aromatic heterocycles. The molecule has 0 unspecified atom stereocenters. The van der Waals surface area contributed by atoms with Gasteiger partial charge in [0.25, 0.3) is 0 Å². The molecular weight excluding hydrogens is 446 g/mol. The number of nitrogens with one attached hydrogen (secondary N) is 1. The van der Waals surface area contributed by atoms with E-state index in [0.717, 1.165) is 21.8 Å². The van der Waals surface area contributed by atoms with Gasteiger partial charge in [-0.2, -0.15) is 0 Å². The Morgan fingerprint density at radius 1 is 1.32 bits per heavy atom. The number of nitro groups is 1. The lowest BCUT2D eigenvalue weighted by atomic mass is 10.0. The standard InChI is InChI=1S/C19H19N3O7S2/c1-3-29-19(25)21-9-8-12-13(10-21)31-17(16(12)18(24)28-2)20-14(23)6-4-11-5-7-15(30-11)22(26)27/h4-7H,3,8-10H2,1-2H3,(H,20,23). The van der Waals surface area contributed by atoms with Crippen LogP contribution >= 0.6 is 22.7 Å². The Morgan fingerprint density at radius 3 is 2.74 bits per heavy atom. The maximum atomic E-state index is 12.4. The first-order chi connectivity index (χ1) is 14.8. The second-order valence-electron chi connectivity index (χ2n) is 6.33. The SMILES string of the molecule is CCOC(=O)N1CCc2c(sc(NC(=O)C=Cc3ccc([N+](=O)[O-])s3)c2C(=O)OC)C1. The molecule has 0 radical (unpaired) electrons. The summed E-state index contributed by atoms with van der Waals surface area (Å²) in [6.45, 7) is 2.65. The van der Waals surface area contributed by atoms with E-state index in [4.69, 9.17) is 9.47 Å². The molecule has 2 aromatic rings. The lowest BCUT2D eigenvalue weighted by molar-refractivity contribution is -0.380. The summed E-state index contributed by atoms with van der Waals surface area (Å²) >= 11 is 2.14. The first kappa shape index (κ1) is 22.4. The summed E-state index contributed by atoms with van der Waals surface area (Å²) in [5, 5.41) is 13.7. The van der Waals surface area contributed by atoms with E-state index in [-0.39, 0.29) is 23.7 Å². The normalized spacial score (nSPS) is 13.0. The highest BCUT2D eigenvalue weighted by Crippen LogP contribution is 2.38. The number of hydrogen-bond donors (Lipinski definition) is 1. The third-order valence-corrected chi connectivity index (χ3v) is 6.54. The number of rotatable bonds is 6. The average Bonchev–Trinajstić information content (AvgIpc) is 3.36. The van der Waals surface area contributed by atoms with E-state index in [1.54, 1.807) is 17.9 Å². The van der Waals surface area contributed by atoms with Gasteiger partial charge in [0.1, 0.15) is 5.00 Å². The molecule has 3 heterocycles. The molecule has 0 saturated heterocycles. The number of fused-ring (bicyclic) bond motifs is 1. The molecule has 1 N–H and O–H groups in total. The van der Waals surface area contributed by atoms with Gasteiger partial charge in [-0.3, -0.25) is 14.9 Å². The molecule has 12 heteroatoms. The van der Waals surface area contributed by atoms with Crippen LogP contribution in [0, 0.1) is 10.1 Å². The molecule has 0 saturated carbocycles. The van der Waals surface area contributed by atoms with Gasteiger partial charge in [-0.1, -0.05) is 11.3 Å². The molecule has 1 aliphatic rings.